The van der Waals surface area contributed by atoms with Crippen molar-refractivity contribution in [1.29, 1.82) is 0 Å². The van der Waals surface area contributed by atoms with Crippen LogP contribution in [0, 0.1) is 6.92 Å². The maximum absolute atomic E-state index is 12.1. The summed E-state index contributed by atoms with van der Waals surface area (Å²) in [5.74, 6) is -0.771. The molecule has 0 spiro atoms. The number of hydrogen-bond acceptors (Lipinski definition) is 4. The highest BCUT2D eigenvalue weighted by atomic mass is 16.5. The van der Waals surface area contributed by atoms with Crippen LogP contribution in [0.1, 0.15) is 23.1 Å². The number of H-pyrrole nitrogens is 1. The van der Waals surface area contributed by atoms with Crippen LogP contribution in [0.2, 0.25) is 0 Å². The van der Waals surface area contributed by atoms with Crippen molar-refractivity contribution < 1.29 is 14.3 Å². The lowest BCUT2D eigenvalue weighted by molar-refractivity contribution is -0.143. The molecule has 1 aromatic rings. The first-order valence-electron chi connectivity index (χ1n) is 5.66. The van der Waals surface area contributed by atoms with Gasteiger partial charge in [0.05, 0.1) is 6.61 Å². The van der Waals surface area contributed by atoms with Gasteiger partial charge in [-0.05, 0) is 19.9 Å². The molecule has 0 aliphatic rings. The average molecular weight is 251 g/mol. The van der Waals surface area contributed by atoms with Crippen LogP contribution in [-0.4, -0.2) is 46.7 Å². The van der Waals surface area contributed by atoms with Crippen molar-refractivity contribution in [3.8, 4) is 0 Å². The minimum atomic E-state index is -0.444. The van der Waals surface area contributed by atoms with E-state index in [-0.39, 0.29) is 31.3 Å². The molecule has 18 heavy (non-hydrogen) atoms. The van der Waals surface area contributed by atoms with Gasteiger partial charge in [-0.2, -0.15) is 5.10 Å². The zero-order chi connectivity index (χ0) is 13.5. The number of ether oxygens (including phenoxy) is 1. The lowest BCUT2D eigenvalue weighted by Gasteiger charge is -2.18. The number of carbonyl (C=O) groups is 2. The minimum absolute atomic E-state index is 0.107. The summed E-state index contributed by atoms with van der Waals surface area (Å²) >= 11 is 0. The molecule has 1 aromatic heterocycles. The molecule has 0 bridgehead atoms. The third-order valence-corrected chi connectivity index (χ3v) is 2.19. The summed E-state index contributed by atoms with van der Waals surface area (Å²) in [6, 6.07) is 1.63. The molecule has 0 radical (unpaired) electrons. The zero-order valence-electron chi connectivity index (χ0n) is 10.6. The summed E-state index contributed by atoms with van der Waals surface area (Å²) in [5.41, 5.74) is 1.06. The Labute approximate surface area is 106 Å². The maximum atomic E-state index is 12.1. The van der Waals surface area contributed by atoms with Crippen LogP contribution in [0.25, 0.3) is 0 Å². The van der Waals surface area contributed by atoms with Crippen molar-refractivity contribution in [2.45, 2.75) is 13.8 Å². The summed E-state index contributed by atoms with van der Waals surface area (Å²) in [5, 5.41) is 6.55. The molecule has 1 heterocycles. The second-order valence-electron chi connectivity index (χ2n) is 3.72. The van der Waals surface area contributed by atoms with Gasteiger partial charge in [0.25, 0.3) is 5.91 Å². The van der Waals surface area contributed by atoms with Crippen molar-refractivity contribution >= 4 is 11.9 Å². The van der Waals surface area contributed by atoms with Gasteiger partial charge in [-0.1, -0.05) is 6.08 Å². The minimum Gasteiger partial charge on any atom is -0.465 e. The number of nitrogens with zero attached hydrogens (tertiary/aromatic N) is 2. The number of rotatable bonds is 6. The molecule has 0 atom stereocenters. The lowest BCUT2D eigenvalue weighted by atomic mass is 10.3. The van der Waals surface area contributed by atoms with Crippen LogP contribution >= 0.6 is 0 Å². The normalized spacial score (nSPS) is 9.89. The number of aryl methyl sites for hydroxylation is 1. The fourth-order valence-corrected chi connectivity index (χ4v) is 1.43. The molecule has 0 saturated carbocycles. The summed E-state index contributed by atoms with van der Waals surface area (Å²) in [6.45, 7) is 7.53. The van der Waals surface area contributed by atoms with E-state index in [0.717, 1.165) is 5.69 Å². The van der Waals surface area contributed by atoms with E-state index in [1.54, 1.807) is 26.0 Å². The first-order chi connectivity index (χ1) is 8.58. The van der Waals surface area contributed by atoms with Gasteiger partial charge in [0, 0.05) is 12.2 Å². The fourth-order valence-electron chi connectivity index (χ4n) is 1.43. The third kappa shape index (κ3) is 3.73. The van der Waals surface area contributed by atoms with Crippen molar-refractivity contribution in [3.63, 3.8) is 0 Å². The largest absolute Gasteiger partial charge is 0.465 e. The van der Waals surface area contributed by atoms with E-state index in [9.17, 15) is 9.59 Å². The monoisotopic (exact) mass is 251 g/mol. The van der Waals surface area contributed by atoms with Crippen LogP contribution in [-0.2, 0) is 9.53 Å². The van der Waals surface area contributed by atoms with E-state index < -0.39 is 5.97 Å². The lowest BCUT2D eigenvalue weighted by Crippen LogP contribution is -2.36. The number of hydrogen-bond donors (Lipinski definition) is 1. The van der Waals surface area contributed by atoms with E-state index in [2.05, 4.69) is 16.8 Å². The molecule has 1 rings (SSSR count). The second kappa shape index (κ2) is 6.58. The predicted octanol–water partition coefficient (Wildman–Crippen LogP) is 0.909. The maximum Gasteiger partial charge on any atom is 0.325 e. The van der Waals surface area contributed by atoms with E-state index >= 15 is 0 Å². The van der Waals surface area contributed by atoms with Crippen LogP contribution in [0.4, 0.5) is 0 Å². The van der Waals surface area contributed by atoms with Gasteiger partial charge in [-0.25, -0.2) is 0 Å². The number of aromatic nitrogens is 2. The van der Waals surface area contributed by atoms with E-state index in [0.29, 0.717) is 0 Å². The Balaban J connectivity index is 2.74. The molecule has 98 valence electrons. The van der Waals surface area contributed by atoms with Crippen molar-refractivity contribution in [2.75, 3.05) is 19.7 Å². The first kappa shape index (κ1) is 14.0. The Kier molecular flexibility index (Phi) is 5.10. The molecule has 0 fully saturated rings. The molecule has 0 aliphatic carbocycles. The highest BCUT2D eigenvalue weighted by molar-refractivity contribution is 5.94. The third-order valence-electron chi connectivity index (χ3n) is 2.19. The Morgan fingerprint density at radius 2 is 2.33 bits per heavy atom. The van der Waals surface area contributed by atoms with Gasteiger partial charge in [0.2, 0.25) is 0 Å². The van der Waals surface area contributed by atoms with Gasteiger partial charge in [-0.15, -0.1) is 6.58 Å². The van der Waals surface area contributed by atoms with Crippen molar-refractivity contribution in [3.05, 3.63) is 30.1 Å². The van der Waals surface area contributed by atoms with Gasteiger partial charge in [-0.3, -0.25) is 14.7 Å². The van der Waals surface area contributed by atoms with E-state index in [1.807, 2.05) is 0 Å². The van der Waals surface area contributed by atoms with Crippen molar-refractivity contribution in [2.24, 2.45) is 0 Å². The van der Waals surface area contributed by atoms with E-state index in [1.165, 1.54) is 4.90 Å². The molecule has 6 nitrogen and oxygen atoms in total. The van der Waals surface area contributed by atoms with Gasteiger partial charge < -0.3 is 9.64 Å². The van der Waals surface area contributed by atoms with Crippen LogP contribution in [0.3, 0.4) is 0 Å². The molecule has 0 saturated heterocycles. The van der Waals surface area contributed by atoms with Crippen molar-refractivity contribution in [1.82, 2.24) is 15.1 Å². The summed E-state index contributed by atoms with van der Waals surface area (Å²) in [7, 11) is 0. The molecule has 0 aliphatic heterocycles. The standard InChI is InChI=1S/C12H17N3O3/c1-4-6-15(8-11(16)18-5-2)12(17)10-7-9(3)13-14-10/h4,7H,1,5-6,8H2,2-3H3,(H,13,14). The second-order valence-corrected chi connectivity index (χ2v) is 3.72. The van der Waals surface area contributed by atoms with E-state index in [4.69, 9.17) is 4.74 Å². The topological polar surface area (TPSA) is 75.3 Å². The molecule has 0 aromatic carbocycles. The Morgan fingerprint density at radius 3 is 2.83 bits per heavy atom. The first-order valence-corrected chi connectivity index (χ1v) is 5.66. The molecular weight excluding hydrogens is 234 g/mol. The SMILES string of the molecule is C=CCN(CC(=O)OCC)C(=O)c1cc(C)[nH]n1. The van der Waals surface area contributed by atoms with Crippen LogP contribution in [0.5, 0.6) is 0 Å². The summed E-state index contributed by atoms with van der Waals surface area (Å²) in [6.07, 6.45) is 1.55. The average Bonchev–Trinajstić information content (AvgIpc) is 2.75. The van der Waals surface area contributed by atoms with Gasteiger partial charge in [0.15, 0.2) is 0 Å². The smallest absolute Gasteiger partial charge is 0.325 e. The Bertz CT molecular complexity index is 440. The number of amides is 1. The predicted molar refractivity (Wildman–Crippen MR) is 66.1 cm³/mol. The highest BCUT2D eigenvalue weighted by Gasteiger charge is 2.20. The number of esters is 1. The van der Waals surface area contributed by atoms with Gasteiger partial charge >= 0.3 is 5.97 Å². The molecule has 0 unspecified atom stereocenters. The molecular formula is C12H17N3O3. The fraction of sp³-hybridized carbons (Fsp3) is 0.417. The number of carbonyl (C=O) groups excluding carboxylic acids is 2. The summed E-state index contributed by atoms with van der Waals surface area (Å²) < 4.78 is 4.81. The van der Waals surface area contributed by atoms with Crippen LogP contribution < -0.4 is 0 Å². The quantitative estimate of drug-likeness (QED) is 0.602. The molecule has 1 N–H and O–H groups in total. The Morgan fingerprint density at radius 1 is 1.61 bits per heavy atom. The molecule has 1 amide bonds. The molecule has 6 heteroatoms. The van der Waals surface area contributed by atoms with Crippen LogP contribution in [0.15, 0.2) is 18.7 Å². The Hall–Kier alpha value is -2.11. The van der Waals surface area contributed by atoms with Gasteiger partial charge in [0.1, 0.15) is 12.2 Å². The summed E-state index contributed by atoms with van der Waals surface area (Å²) in [4.78, 5) is 24.8. The zero-order valence-corrected chi connectivity index (χ0v) is 10.6. The number of aromatic amines is 1. The number of nitrogens with one attached hydrogen (secondary N) is 1. The highest BCUT2D eigenvalue weighted by Crippen LogP contribution is 2.04.